The Morgan fingerprint density at radius 1 is 1.44 bits per heavy atom. The Hall–Kier alpha value is -0.610. The lowest BCUT2D eigenvalue weighted by Crippen LogP contribution is -2.60. The lowest BCUT2D eigenvalue weighted by molar-refractivity contribution is -0.124. The number of amides is 1. The van der Waals surface area contributed by atoms with Gasteiger partial charge in [-0.15, -0.1) is 0 Å². The first-order chi connectivity index (χ1) is 8.24. The van der Waals surface area contributed by atoms with Crippen LogP contribution in [0.4, 0.5) is 0 Å². The molecule has 0 radical (unpaired) electrons. The van der Waals surface area contributed by atoms with Crippen molar-refractivity contribution in [3.05, 3.63) is 0 Å². The first-order valence-corrected chi connectivity index (χ1v) is 7.02. The van der Waals surface area contributed by atoms with E-state index in [1.165, 1.54) is 0 Å². The van der Waals surface area contributed by atoms with Crippen LogP contribution in [0.25, 0.3) is 0 Å². The van der Waals surface area contributed by atoms with Crippen molar-refractivity contribution in [2.75, 3.05) is 13.6 Å². The highest BCUT2D eigenvalue weighted by Gasteiger charge is 2.38. The minimum Gasteiger partial charge on any atom is -0.368 e. The molecule has 1 saturated carbocycles. The summed E-state index contributed by atoms with van der Waals surface area (Å²) in [5.41, 5.74) is 4.96. The molecule has 1 aliphatic carbocycles. The highest BCUT2D eigenvalue weighted by Crippen LogP contribution is 2.23. The smallest absolute Gasteiger partial charge is 0.238 e. The number of carbonyl (C=O) groups is 1. The lowest BCUT2D eigenvalue weighted by Gasteiger charge is -2.35. The van der Waals surface area contributed by atoms with Crippen molar-refractivity contribution < 1.29 is 4.79 Å². The van der Waals surface area contributed by atoms with E-state index in [2.05, 4.69) is 38.0 Å². The molecule has 0 bridgehead atoms. The van der Waals surface area contributed by atoms with Crippen LogP contribution in [0.2, 0.25) is 0 Å². The van der Waals surface area contributed by atoms with E-state index < -0.39 is 5.54 Å². The van der Waals surface area contributed by atoms with Crippen molar-refractivity contribution in [2.45, 2.75) is 64.6 Å². The molecule has 3 N–H and O–H groups in total. The van der Waals surface area contributed by atoms with E-state index in [1.807, 2.05) is 6.92 Å². The first kappa shape index (κ1) is 15.4. The Bertz CT molecular complexity index is 289. The molecule has 1 amide bonds. The Kier molecular flexibility index (Phi) is 5.17. The largest absolute Gasteiger partial charge is 0.368 e. The molecule has 1 fully saturated rings. The fourth-order valence-electron chi connectivity index (χ4n) is 2.39. The van der Waals surface area contributed by atoms with Crippen LogP contribution >= 0.6 is 0 Å². The van der Waals surface area contributed by atoms with Gasteiger partial charge in [-0.1, -0.05) is 13.8 Å². The highest BCUT2D eigenvalue weighted by atomic mass is 16.1. The summed E-state index contributed by atoms with van der Waals surface area (Å²) >= 11 is 0. The molecule has 0 aliphatic heterocycles. The second kappa shape index (κ2) is 6.02. The summed E-state index contributed by atoms with van der Waals surface area (Å²) in [6.07, 6.45) is 3.46. The minimum absolute atomic E-state index is 0.252. The molecule has 0 spiro atoms. The van der Waals surface area contributed by atoms with Crippen LogP contribution in [0.5, 0.6) is 0 Å². The van der Waals surface area contributed by atoms with Crippen LogP contribution in [0.15, 0.2) is 0 Å². The Morgan fingerprint density at radius 2 is 2.00 bits per heavy atom. The van der Waals surface area contributed by atoms with Crippen LogP contribution in [0.3, 0.4) is 0 Å². The molecule has 0 aromatic rings. The maximum atomic E-state index is 11.7. The number of hydrogen-bond acceptors (Lipinski definition) is 3. The van der Waals surface area contributed by atoms with E-state index in [1.54, 1.807) is 0 Å². The average Bonchev–Trinajstić information content (AvgIpc) is 2.99. The van der Waals surface area contributed by atoms with Crippen molar-refractivity contribution in [1.29, 1.82) is 0 Å². The quantitative estimate of drug-likeness (QED) is 0.688. The number of nitrogens with one attached hydrogen (secondary N) is 1. The molecule has 0 saturated heterocycles. The van der Waals surface area contributed by atoms with Crippen LogP contribution in [-0.2, 0) is 4.79 Å². The topological polar surface area (TPSA) is 58.4 Å². The normalized spacial score (nSPS) is 21.1. The summed E-state index contributed by atoms with van der Waals surface area (Å²) in [7, 11) is 2.07. The van der Waals surface area contributed by atoms with Gasteiger partial charge in [0.15, 0.2) is 0 Å². The first-order valence-electron chi connectivity index (χ1n) is 7.02. The lowest BCUT2D eigenvalue weighted by atomic mass is 9.98. The third-order valence-electron chi connectivity index (χ3n) is 3.77. The molecule has 18 heavy (non-hydrogen) atoms. The van der Waals surface area contributed by atoms with Crippen molar-refractivity contribution >= 4 is 5.91 Å². The molecule has 0 aromatic carbocycles. The molecule has 0 heterocycles. The van der Waals surface area contributed by atoms with E-state index >= 15 is 0 Å². The third kappa shape index (κ3) is 4.58. The summed E-state index contributed by atoms with van der Waals surface area (Å²) in [4.78, 5) is 13.9. The van der Waals surface area contributed by atoms with Crippen LogP contribution in [0, 0.1) is 5.92 Å². The molecule has 4 heteroatoms. The van der Waals surface area contributed by atoms with E-state index in [9.17, 15) is 4.79 Å². The molecule has 2 unspecified atom stereocenters. The standard InChI is InChI=1S/C14H29N3O/c1-10(2)8-11(3)17(5)9-14(4,13(15)18)16-12-6-7-12/h10-12,16H,6-9H2,1-5H3,(H2,15,18). The molecule has 0 aromatic heterocycles. The van der Waals surface area contributed by atoms with E-state index in [-0.39, 0.29) is 5.91 Å². The zero-order valence-corrected chi connectivity index (χ0v) is 12.5. The molecular weight excluding hydrogens is 226 g/mol. The summed E-state index contributed by atoms with van der Waals surface area (Å²) in [5, 5.41) is 3.39. The number of nitrogens with two attached hydrogens (primary N) is 1. The summed E-state index contributed by atoms with van der Waals surface area (Å²) < 4.78 is 0. The number of likely N-dealkylation sites (N-methyl/N-ethyl adjacent to an activating group) is 1. The Balaban J connectivity index is 2.56. The molecule has 2 atom stereocenters. The zero-order chi connectivity index (χ0) is 13.9. The van der Waals surface area contributed by atoms with Crippen LogP contribution < -0.4 is 11.1 Å². The molecule has 106 valence electrons. The van der Waals surface area contributed by atoms with Gasteiger partial charge in [0.2, 0.25) is 5.91 Å². The maximum absolute atomic E-state index is 11.7. The van der Waals surface area contributed by atoms with Crippen molar-refractivity contribution in [1.82, 2.24) is 10.2 Å². The van der Waals surface area contributed by atoms with Gasteiger partial charge in [-0.3, -0.25) is 10.1 Å². The number of hydrogen-bond donors (Lipinski definition) is 2. The molecule has 1 rings (SSSR count). The zero-order valence-electron chi connectivity index (χ0n) is 12.5. The Morgan fingerprint density at radius 3 is 2.39 bits per heavy atom. The van der Waals surface area contributed by atoms with Crippen molar-refractivity contribution in [3.8, 4) is 0 Å². The maximum Gasteiger partial charge on any atom is 0.238 e. The minimum atomic E-state index is -0.610. The van der Waals surface area contributed by atoms with Gasteiger partial charge in [0.05, 0.1) is 0 Å². The molecule has 1 aliphatic rings. The van der Waals surface area contributed by atoms with Gasteiger partial charge in [-0.05, 0) is 46.1 Å². The molecular formula is C14H29N3O. The summed E-state index contributed by atoms with van der Waals surface area (Å²) in [6, 6.07) is 0.945. The van der Waals surface area contributed by atoms with Gasteiger partial charge < -0.3 is 10.6 Å². The number of primary amides is 1. The fourth-order valence-corrected chi connectivity index (χ4v) is 2.39. The SMILES string of the molecule is CC(C)CC(C)N(C)CC(C)(NC1CC1)C(N)=O. The van der Waals surface area contributed by atoms with Gasteiger partial charge in [0.1, 0.15) is 5.54 Å². The van der Waals surface area contributed by atoms with Crippen molar-refractivity contribution in [3.63, 3.8) is 0 Å². The van der Waals surface area contributed by atoms with Crippen molar-refractivity contribution in [2.24, 2.45) is 11.7 Å². The highest BCUT2D eigenvalue weighted by molar-refractivity contribution is 5.84. The van der Waals surface area contributed by atoms with Crippen LogP contribution in [0.1, 0.15) is 47.0 Å². The van der Waals surface area contributed by atoms with E-state index in [0.717, 1.165) is 19.3 Å². The van der Waals surface area contributed by atoms with Gasteiger partial charge in [-0.25, -0.2) is 0 Å². The second-order valence-corrected chi connectivity index (χ2v) is 6.51. The van der Waals surface area contributed by atoms with E-state index in [0.29, 0.717) is 24.5 Å². The molecule has 4 nitrogen and oxygen atoms in total. The third-order valence-corrected chi connectivity index (χ3v) is 3.77. The number of nitrogens with zero attached hydrogens (tertiary/aromatic N) is 1. The van der Waals surface area contributed by atoms with Gasteiger partial charge in [0.25, 0.3) is 0 Å². The predicted molar refractivity (Wildman–Crippen MR) is 75.3 cm³/mol. The van der Waals surface area contributed by atoms with Gasteiger partial charge in [0, 0.05) is 18.6 Å². The number of carbonyl (C=O) groups excluding carboxylic acids is 1. The fraction of sp³-hybridized carbons (Fsp3) is 0.929. The van der Waals surface area contributed by atoms with Gasteiger partial charge >= 0.3 is 0 Å². The summed E-state index contributed by atoms with van der Waals surface area (Å²) in [5.74, 6) is 0.414. The number of rotatable bonds is 8. The Labute approximate surface area is 111 Å². The average molecular weight is 255 g/mol. The monoisotopic (exact) mass is 255 g/mol. The van der Waals surface area contributed by atoms with Crippen LogP contribution in [-0.4, -0.2) is 42.0 Å². The predicted octanol–water partition coefficient (Wildman–Crippen LogP) is 1.35. The summed E-state index contributed by atoms with van der Waals surface area (Å²) in [6.45, 7) is 9.25. The van der Waals surface area contributed by atoms with E-state index in [4.69, 9.17) is 5.73 Å². The second-order valence-electron chi connectivity index (χ2n) is 6.51. The van der Waals surface area contributed by atoms with Gasteiger partial charge in [-0.2, -0.15) is 0 Å².